The number of fused-ring (bicyclic) bond motifs is 1. The topological polar surface area (TPSA) is 56.8 Å². The molecule has 0 saturated carbocycles. The Bertz CT molecular complexity index is 721. The Morgan fingerprint density at radius 1 is 1.09 bits per heavy atom. The number of hydrogen-bond donors (Lipinski definition) is 1. The second-order valence-corrected chi connectivity index (χ2v) is 5.30. The Labute approximate surface area is 136 Å². The predicted molar refractivity (Wildman–Crippen MR) is 83.2 cm³/mol. The van der Waals surface area contributed by atoms with Gasteiger partial charge in [-0.15, -0.1) is 0 Å². The Balaban J connectivity index is 1.57. The highest BCUT2D eigenvalue weighted by atomic mass is 35.5. The molecule has 114 valence electrons. The molecular formula is C15H11Cl2NO4. The number of ether oxygens (including phenoxy) is 3. The first-order valence-corrected chi connectivity index (χ1v) is 7.15. The number of carbonyl (C=O) groups is 1. The summed E-state index contributed by atoms with van der Waals surface area (Å²) in [6.07, 6.45) is 0. The zero-order valence-electron chi connectivity index (χ0n) is 11.3. The second kappa shape index (κ2) is 6.34. The molecule has 1 N–H and O–H groups in total. The van der Waals surface area contributed by atoms with Gasteiger partial charge in [0.15, 0.2) is 18.1 Å². The molecule has 0 unspecified atom stereocenters. The van der Waals surface area contributed by atoms with Gasteiger partial charge in [-0.3, -0.25) is 4.79 Å². The lowest BCUT2D eigenvalue weighted by Crippen LogP contribution is -2.20. The molecule has 1 aliphatic rings. The Hall–Kier alpha value is -2.11. The van der Waals surface area contributed by atoms with Crippen LogP contribution >= 0.6 is 23.2 Å². The van der Waals surface area contributed by atoms with Crippen LogP contribution in [-0.4, -0.2) is 19.3 Å². The van der Waals surface area contributed by atoms with Gasteiger partial charge in [-0.1, -0.05) is 23.2 Å². The van der Waals surface area contributed by atoms with Crippen molar-refractivity contribution in [2.75, 3.05) is 18.7 Å². The normalized spacial score (nSPS) is 12.1. The molecule has 2 aromatic carbocycles. The highest BCUT2D eigenvalue weighted by Crippen LogP contribution is 2.34. The maximum absolute atomic E-state index is 11.9. The Kier molecular flexibility index (Phi) is 4.27. The molecule has 0 aliphatic carbocycles. The third-order valence-electron chi connectivity index (χ3n) is 2.92. The van der Waals surface area contributed by atoms with Gasteiger partial charge in [-0.05, 0) is 24.3 Å². The SMILES string of the molecule is O=C(COc1ccc(Cl)c(Cl)c1)Nc1ccc2c(c1)OCO2. The number of amides is 1. The van der Waals surface area contributed by atoms with Gasteiger partial charge in [0.05, 0.1) is 10.0 Å². The molecule has 0 atom stereocenters. The van der Waals surface area contributed by atoms with Gasteiger partial charge in [0.2, 0.25) is 6.79 Å². The van der Waals surface area contributed by atoms with E-state index in [9.17, 15) is 4.79 Å². The van der Waals surface area contributed by atoms with E-state index < -0.39 is 0 Å². The van der Waals surface area contributed by atoms with Gasteiger partial charge in [0, 0.05) is 17.8 Å². The largest absolute Gasteiger partial charge is 0.484 e. The minimum atomic E-state index is -0.301. The molecule has 0 fully saturated rings. The molecule has 1 heterocycles. The molecule has 2 aromatic rings. The van der Waals surface area contributed by atoms with Gasteiger partial charge in [0.1, 0.15) is 5.75 Å². The fourth-order valence-corrected chi connectivity index (χ4v) is 2.17. The van der Waals surface area contributed by atoms with Crippen molar-refractivity contribution in [3.63, 3.8) is 0 Å². The number of rotatable bonds is 4. The molecule has 1 aliphatic heterocycles. The van der Waals surface area contributed by atoms with E-state index >= 15 is 0 Å². The molecule has 0 aromatic heterocycles. The standard InChI is InChI=1S/C15H11Cl2NO4/c16-11-3-2-10(6-12(11)17)20-7-15(19)18-9-1-4-13-14(5-9)22-8-21-13/h1-6H,7-8H2,(H,18,19). The first-order valence-electron chi connectivity index (χ1n) is 6.39. The summed E-state index contributed by atoms with van der Waals surface area (Å²) in [4.78, 5) is 11.9. The number of anilines is 1. The maximum atomic E-state index is 11.9. The van der Waals surface area contributed by atoms with Gasteiger partial charge < -0.3 is 19.5 Å². The van der Waals surface area contributed by atoms with E-state index in [1.54, 1.807) is 36.4 Å². The average molecular weight is 340 g/mol. The van der Waals surface area contributed by atoms with Crippen molar-refractivity contribution in [1.82, 2.24) is 0 Å². The number of carbonyl (C=O) groups excluding carboxylic acids is 1. The first-order chi connectivity index (χ1) is 10.6. The zero-order chi connectivity index (χ0) is 15.5. The molecular weight excluding hydrogens is 329 g/mol. The number of hydrogen-bond acceptors (Lipinski definition) is 4. The van der Waals surface area contributed by atoms with Crippen LogP contribution in [0, 0.1) is 0 Å². The predicted octanol–water partition coefficient (Wildman–Crippen LogP) is 3.74. The van der Waals surface area contributed by atoms with Crippen molar-refractivity contribution in [3.8, 4) is 17.2 Å². The summed E-state index contributed by atoms with van der Waals surface area (Å²) >= 11 is 11.7. The summed E-state index contributed by atoms with van der Waals surface area (Å²) in [5.74, 6) is 1.42. The summed E-state index contributed by atoms with van der Waals surface area (Å²) in [6.45, 7) is 0.0412. The maximum Gasteiger partial charge on any atom is 0.262 e. The summed E-state index contributed by atoms with van der Waals surface area (Å²) in [5.41, 5.74) is 0.604. The third-order valence-corrected chi connectivity index (χ3v) is 3.66. The number of benzene rings is 2. The van der Waals surface area contributed by atoms with E-state index in [1.165, 1.54) is 0 Å². The minimum Gasteiger partial charge on any atom is -0.484 e. The van der Waals surface area contributed by atoms with E-state index in [0.29, 0.717) is 33.0 Å². The van der Waals surface area contributed by atoms with Crippen molar-refractivity contribution in [2.24, 2.45) is 0 Å². The Morgan fingerprint density at radius 3 is 2.73 bits per heavy atom. The molecule has 0 spiro atoms. The van der Waals surface area contributed by atoms with Crippen LogP contribution < -0.4 is 19.5 Å². The quantitative estimate of drug-likeness (QED) is 0.921. The Morgan fingerprint density at radius 2 is 1.91 bits per heavy atom. The van der Waals surface area contributed by atoms with Gasteiger partial charge in [-0.2, -0.15) is 0 Å². The van der Waals surface area contributed by atoms with Crippen LogP contribution in [0.4, 0.5) is 5.69 Å². The molecule has 1 amide bonds. The first kappa shape index (κ1) is 14.8. The highest BCUT2D eigenvalue weighted by molar-refractivity contribution is 6.42. The zero-order valence-corrected chi connectivity index (χ0v) is 12.8. The van der Waals surface area contributed by atoms with E-state index in [2.05, 4.69) is 5.32 Å². The van der Waals surface area contributed by atoms with E-state index in [0.717, 1.165) is 0 Å². The van der Waals surface area contributed by atoms with Crippen LogP contribution in [0.2, 0.25) is 10.0 Å². The highest BCUT2D eigenvalue weighted by Gasteiger charge is 2.14. The minimum absolute atomic E-state index is 0.146. The molecule has 22 heavy (non-hydrogen) atoms. The van der Waals surface area contributed by atoms with E-state index in [1.807, 2.05) is 0 Å². The van der Waals surface area contributed by atoms with Crippen molar-refractivity contribution >= 4 is 34.8 Å². The molecule has 5 nitrogen and oxygen atoms in total. The van der Waals surface area contributed by atoms with Crippen molar-refractivity contribution in [1.29, 1.82) is 0 Å². The average Bonchev–Trinajstić information content (AvgIpc) is 2.96. The van der Waals surface area contributed by atoms with Crippen LogP contribution in [0.1, 0.15) is 0 Å². The summed E-state index contributed by atoms with van der Waals surface area (Å²) in [5, 5.41) is 3.51. The molecule has 7 heteroatoms. The molecule has 0 saturated heterocycles. The smallest absolute Gasteiger partial charge is 0.262 e. The van der Waals surface area contributed by atoms with E-state index in [-0.39, 0.29) is 19.3 Å². The lowest BCUT2D eigenvalue weighted by atomic mass is 10.3. The fourth-order valence-electron chi connectivity index (χ4n) is 1.89. The fraction of sp³-hybridized carbons (Fsp3) is 0.133. The lowest BCUT2D eigenvalue weighted by Gasteiger charge is -2.08. The van der Waals surface area contributed by atoms with Gasteiger partial charge >= 0.3 is 0 Å². The van der Waals surface area contributed by atoms with Crippen molar-refractivity contribution < 1.29 is 19.0 Å². The summed E-state index contributed by atoms with van der Waals surface area (Å²) in [7, 11) is 0. The molecule has 3 rings (SSSR count). The monoisotopic (exact) mass is 339 g/mol. The van der Waals surface area contributed by atoms with Crippen LogP contribution in [0.25, 0.3) is 0 Å². The van der Waals surface area contributed by atoms with Crippen molar-refractivity contribution in [2.45, 2.75) is 0 Å². The van der Waals surface area contributed by atoms with Crippen LogP contribution in [0.3, 0.4) is 0 Å². The van der Waals surface area contributed by atoms with Gasteiger partial charge in [-0.25, -0.2) is 0 Å². The number of nitrogens with one attached hydrogen (secondary N) is 1. The second-order valence-electron chi connectivity index (χ2n) is 4.48. The summed E-state index contributed by atoms with van der Waals surface area (Å²) in [6, 6.07) is 9.95. The van der Waals surface area contributed by atoms with Crippen LogP contribution in [-0.2, 0) is 4.79 Å². The van der Waals surface area contributed by atoms with Crippen LogP contribution in [0.15, 0.2) is 36.4 Å². The lowest BCUT2D eigenvalue weighted by molar-refractivity contribution is -0.118. The van der Waals surface area contributed by atoms with E-state index in [4.69, 9.17) is 37.4 Å². The molecule has 0 bridgehead atoms. The molecule has 0 radical (unpaired) electrons. The van der Waals surface area contributed by atoms with Crippen LogP contribution in [0.5, 0.6) is 17.2 Å². The third kappa shape index (κ3) is 3.37. The summed E-state index contributed by atoms with van der Waals surface area (Å²) < 4.78 is 15.8. The van der Waals surface area contributed by atoms with Crippen molar-refractivity contribution in [3.05, 3.63) is 46.4 Å². The van der Waals surface area contributed by atoms with Gasteiger partial charge in [0.25, 0.3) is 5.91 Å². The number of halogens is 2.